The summed E-state index contributed by atoms with van der Waals surface area (Å²) in [7, 11) is 6.05. The van der Waals surface area contributed by atoms with Crippen LogP contribution in [0, 0.1) is 0 Å². The van der Waals surface area contributed by atoms with Crippen molar-refractivity contribution in [1.82, 2.24) is 66.3 Å². The Kier molecular flexibility index (Phi) is 35.5. The summed E-state index contributed by atoms with van der Waals surface area (Å²) in [5.41, 5.74) is 17.3. The van der Waals surface area contributed by atoms with Gasteiger partial charge in [0.1, 0.15) is 23.3 Å². The summed E-state index contributed by atoms with van der Waals surface area (Å²) in [6.45, 7) is 16.9. The van der Waals surface area contributed by atoms with Crippen molar-refractivity contribution in [2.45, 2.75) is 171 Å². The van der Waals surface area contributed by atoms with Crippen LogP contribution in [0.25, 0.3) is 22.3 Å². The molecule has 7 heterocycles. The van der Waals surface area contributed by atoms with Gasteiger partial charge in [0.25, 0.3) is 11.8 Å². The van der Waals surface area contributed by atoms with Gasteiger partial charge in [0.15, 0.2) is 0 Å². The Hall–Kier alpha value is -9.33. The maximum Gasteiger partial charge on any atom is 0.337 e. The van der Waals surface area contributed by atoms with Crippen LogP contribution < -0.4 is 43.0 Å². The summed E-state index contributed by atoms with van der Waals surface area (Å²) < 4.78 is 25.3. The van der Waals surface area contributed by atoms with E-state index >= 15 is 0 Å². The average molecular weight is 1620 g/mol. The zero-order valence-corrected chi connectivity index (χ0v) is 69.3. The van der Waals surface area contributed by atoms with Gasteiger partial charge in [0.05, 0.1) is 69.4 Å². The predicted molar refractivity (Wildman–Crippen MR) is 450 cm³/mol. The molecule has 0 bridgehead atoms. The first-order valence-corrected chi connectivity index (χ1v) is 42.5. The second-order valence-corrected chi connectivity index (χ2v) is 32.0. The van der Waals surface area contributed by atoms with E-state index in [2.05, 4.69) is 111 Å². The third-order valence-electron chi connectivity index (χ3n) is 21.3. The fraction of sp³-hybridized carbons (Fsp3) is 0.529. The lowest BCUT2D eigenvalue weighted by atomic mass is 10.0. The van der Waals surface area contributed by atoms with Crippen LogP contribution in [0.2, 0.25) is 0 Å². The van der Waals surface area contributed by atoms with Crippen molar-refractivity contribution in [3.63, 3.8) is 0 Å². The molecule has 7 amide bonds. The third kappa shape index (κ3) is 26.3. The zero-order chi connectivity index (χ0) is 82.9. The number of nitrogens with zero attached hydrogens (tertiary/aromatic N) is 8. The van der Waals surface area contributed by atoms with E-state index in [1.165, 1.54) is 39.4 Å². The number of amides is 7. The van der Waals surface area contributed by atoms with Crippen LogP contribution in [0.15, 0.2) is 97.1 Å². The maximum absolute atomic E-state index is 12.4. The zero-order valence-electron chi connectivity index (χ0n) is 68.7. The maximum atomic E-state index is 12.4. The summed E-state index contributed by atoms with van der Waals surface area (Å²) in [5, 5.41) is 23.5. The molecule has 5 saturated heterocycles. The predicted octanol–water partition coefficient (Wildman–Crippen LogP) is 10.2. The molecule has 4 aromatic carbocycles. The number of hydrogen-bond donors (Lipinski definition) is 8. The largest absolute Gasteiger partial charge is 0.465 e. The SMILES string of the molecule is CCN(CC)CC.COC(=O)c1ccc2c(c1)Cc1nc(Cc3ccccc3)nc(NCCCN(C)CCCN)c1-2.COC(=O)c1ccc2c(c1)Cc1nc(Cc3ccccc3)nc(NCCCN(C)CCCNC(=O)CCCC[C@@H]3SC[C@@H]4NC(=O)N[C@@H]43)c1-2.O=C1N[C@H]2[C@H](CS[C@H]2CCCCC(=O)ON2C(=O)CCC2=O)N1.[2H]CF. The van der Waals surface area contributed by atoms with Crippen molar-refractivity contribution < 1.29 is 58.4 Å². The van der Waals surface area contributed by atoms with Gasteiger partial charge in [0.2, 0.25) is 5.91 Å². The first-order chi connectivity index (χ1) is 56.3. The molecule has 5 fully saturated rings. The molecule has 115 heavy (non-hydrogen) atoms. The highest BCUT2D eigenvalue weighted by atomic mass is 32.2. The number of aromatic nitrogens is 4. The van der Waals surface area contributed by atoms with Crippen LogP contribution >= 0.6 is 23.5 Å². The van der Waals surface area contributed by atoms with E-state index in [1.54, 1.807) is 6.07 Å². The average Bonchev–Trinajstić information content (AvgIpc) is 1.61. The minimum Gasteiger partial charge on any atom is -0.465 e. The van der Waals surface area contributed by atoms with E-state index in [0.717, 1.165) is 189 Å². The lowest BCUT2D eigenvalue weighted by Gasteiger charge is -2.18. The Morgan fingerprint density at radius 1 is 0.583 bits per heavy atom. The number of ether oxygens (including phenoxy) is 2. The van der Waals surface area contributed by atoms with Crippen molar-refractivity contribution in [3.8, 4) is 22.3 Å². The number of hydrogen-bond acceptors (Lipinski definition) is 23. The molecule has 27 nitrogen and oxygen atoms in total. The molecule has 2 aromatic heterocycles. The number of rotatable bonds is 37. The number of carbonyl (C=O) groups is 8. The number of thioether (sulfide) groups is 2. The number of benzene rings is 4. The third-order valence-corrected chi connectivity index (χ3v) is 24.3. The molecule has 0 saturated carbocycles. The van der Waals surface area contributed by atoms with Gasteiger partial charge >= 0.3 is 30.0 Å². The number of halogens is 1. The van der Waals surface area contributed by atoms with Gasteiger partial charge < -0.3 is 72.0 Å². The Morgan fingerprint density at radius 2 is 1.02 bits per heavy atom. The van der Waals surface area contributed by atoms with Crippen LogP contribution in [-0.2, 0) is 59.2 Å². The monoisotopic (exact) mass is 1620 g/mol. The molecule has 30 heteroatoms. The van der Waals surface area contributed by atoms with Gasteiger partial charge in [-0.15, -0.1) is 5.06 Å². The van der Waals surface area contributed by atoms with Crippen LogP contribution in [0.3, 0.4) is 0 Å². The lowest BCUT2D eigenvalue weighted by molar-refractivity contribution is -0.197. The smallest absolute Gasteiger partial charge is 0.337 e. The molecule has 9 N–H and O–H groups in total. The van der Waals surface area contributed by atoms with Gasteiger partial charge in [-0.05, 0) is 175 Å². The second-order valence-electron chi connectivity index (χ2n) is 29.4. The first kappa shape index (κ1) is 88.0. The Labute approximate surface area is 686 Å². The normalized spacial score (nSPS) is 18.2. The lowest BCUT2D eigenvalue weighted by Crippen LogP contribution is -2.36. The number of methoxy groups -OCH3 is 2. The van der Waals surface area contributed by atoms with Gasteiger partial charge in [-0.1, -0.05) is 106 Å². The molecular formula is C85H117FN16O11S2. The Bertz CT molecular complexity index is 4210. The minimum atomic E-state index is -1.00. The number of fused-ring (bicyclic) bond motifs is 8. The van der Waals surface area contributed by atoms with Crippen molar-refractivity contribution in [3.05, 3.63) is 153 Å². The second kappa shape index (κ2) is 46.4. The molecule has 0 radical (unpaired) electrons. The van der Waals surface area contributed by atoms with Crippen LogP contribution in [0.4, 0.5) is 25.6 Å². The highest BCUT2D eigenvalue weighted by Crippen LogP contribution is 2.43. The van der Waals surface area contributed by atoms with Crippen molar-refractivity contribution in [1.29, 1.82) is 0 Å². The number of urea groups is 2. The van der Waals surface area contributed by atoms with Crippen LogP contribution in [0.1, 0.15) is 178 Å². The van der Waals surface area contributed by atoms with Gasteiger partial charge in [-0.2, -0.15) is 23.5 Å². The topological polar surface area (TPSA) is 339 Å². The number of carbonyl (C=O) groups excluding carboxylic acids is 8. The highest BCUT2D eigenvalue weighted by Gasteiger charge is 2.44. The number of nitrogens with two attached hydrogens (primary N) is 1. The molecule has 0 unspecified atom stereocenters. The molecule has 622 valence electrons. The number of imide groups is 1. The van der Waals surface area contributed by atoms with Gasteiger partial charge in [0, 0.05) is 104 Å². The number of hydroxylamine groups is 2. The molecular weight excluding hydrogens is 1500 g/mol. The molecule has 5 aliphatic heterocycles. The molecule has 6 aromatic rings. The molecule has 7 aliphatic rings. The highest BCUT2D eigenvalue weighted by molar-refractivity contribution is 8.00. The fourth-order valence-corrected chi connectivity index (χ4v) is 18.2. The number of esters is 2. The summed E-state index contributed by atoms with van der Waals surface area (Å²) in [6.07, 6.45) is 12.7. The summed E-state index contributed by atoms with van der Waals surface area (Å²) >= 11 is 3.75. The van der Waals surface area contributed by atoms with Crippen molar-refractivity contribution in [2.24, 2.45) is 5.73 Å². The van der Waals surface area contributed by atoms with Crippen LogP contribution in [0.5, 0.6) is 0 Å². The van der Waals surface area contributed by atoms with Gasteiger partial charge in [-0.3, -0.25) is 18.8 Å². The quantitative estimate of drug-likeness (QED) is 0.00776. The van der Waals surface area contributed by atoms with E-state index in [9.17, 15) is 42.7 Å². The van der Waals surface area contributed by atoms with E-state index in [1.807, 2.05) is 90.3 Å². The molecule has 0 spiro atoms. The minimum absolute atomic E-state index is 0.0504. The Balaban J connectivity index is 0.000000198. The first-order valence-electron chi connectivity index (χ1n) is 41.1. The standard InChI is InChI=1S/C37H47N7O4S.C27H33N5O2.C14H19N3O5S.C6H15N.CH3F/c1-44(18-8-16-38-32(45)13-7-6-12-30-34-29(23-49-30)41-37(47)43-34)19-9-17-39-35-33-27-15-14-25(36(46)48-2)21-26(27)22-28(33)40-31(42-35)20-24-10-4-3-5-11-24;1-32(14-6-12-28)15-7-13-29-26-25-22-11-10-20(27(33)34-2)17-21(22)18-23(25)30-24(31-26)16-19-8-4-3-5-9-19;18-10-5-6-11(19)17(10)22-12(20)4-2-1-3-9-13-8(7-23-9)15-14(21)16-13;1-4-7(5-2)6-3;1-2/h3-5,10-11,14-15,21,29-30,34H,6-9,12-13,16-20,22-23H2,1-2H3,(H,38,45)(H,39,40,42)(H2,41,43,47);3-5,8-11,17H,6-7,12-16,18,28H2,1-2H3,(H,29,30,31);8-9,13H,1-7H2,(H2,15,16,21);4-6H2,1-3H3;1H3/t29-,30-,34-;;8-,9-,13-;;/m0.0../s1/i;;;;1D. The summed E-state index contributed by atoms with van der Waals surface area (Å²) in [6, 6.07) is 32.6. The number of anilines is 2. The number of nitrogens with one attached hydrogen (secondary N) is 7. The summed E-state index contributed by atoms with van der Waals surface area (Å²) in [4.78, 5) is 125. The van der Waals surface area contributed by atoms with E-state index in [0.29, 0.717) is 71.8 Å². The van der Waals surface area contributed by atoms with E-state index < -0.39 is 24.9 Å². The van der Waals surface area contributed by atoms with Crippen LogP contribution in [-0.4, -0.2) is 241 Å². The molecule has 2 aliphatic carbocycles. The van der Waals surface area contributed by atoms with Crippen molar-refractivity contribution >= 4 is 82.9 Å². The number of alkyl halides is 1. The molecule has 13 rings (SSSR count). The van der Waals surface area contributed by atoms with Gasteiger partial charge in [-0.25, -0.2) is 43.9 Å². The van der Waals surface area contributed by atoms with E-state index in [-0.39, 0.29) is 73.3 Å². The summed E-state index contributed by atoms with van der Waals surface area (Å²) in [5.74, 6) is 3.13. The van der Waals surface area contributed by atoms with Crippen molar-refractivity contribution in [2.75, 3.05) is 130 Å². The Morgan fingerprint density at radius 3 is 1.44 bits per heavy atom. The molecule has 6 atom stereocenters. The fourth-order valence-electron chi connectivity index (χ4n) is 15.1. The number of unbranched alkanes of at least 4 members (excludes halogenated alkanes) is 2. The van der Waals surface area contributed by atoms with E-state index in [4.69, 9.17) is 41.4 Å².